The number of aromatic nitrogens is 2. The van der Waals surface area contributed by atoms with Crippen molar-refractivity contribution in [3.63, 3.8) is 0 Å². The van der Waals surface area contributed by atoms with Gasteiger partial charge < -0.3 is 10.7 Å². The molecule has 0 saturated heterocycles. The van der Waals surface area contributed by atoms with Gasteiger partial charge in [0.2, 0.25) is 0 Å². The molecule has 0 aliphatic carbocycles. The first-order valence-corrected chi connectivity index (χ1v) is 5.56. The second-order valence-electron chi connectivity index (χ2n) is 4.12. The van der Waals surface area contributed by atoms with Gasteiger partial charge in [-0.25, -0.2) is 4.98 Å². The van der Waals surface area contributed by atoms with E-state index in [0.29, 0.717) is 17.8 Å². The average Bonchev–Trinajstić information content (AvgIpc) is 2.29. The number of hydrogen-bond acceptors (Lipinski definition) is 3. The summed E-state index contributed by atoms with van der Waals surface area (Å²) in [6, 6.07) is 9.46. The number of nitrogens with zero attached hydrogens (tertiary/aromatic N) is 1. The lowest BCUT2D eigenvalue weighted by Crippen LogP contribution is -2.22. The molecule has 4 nitrogen and oxygen atoms in total. The minimum Gasteiger partial charge on any atom is -0.328 e. The van der Waals surface area contributed by atoms with Crippen LogP contribution in [0.15, 0.2) is 41.3 Å². The van der Waals surface area contributed by atoms with Crippen molar-refractivity contribution in [3.8, 4) is 11.1 Å². The standard InChI is InChI=1S/C13H15N3O/c1-9(14)7-12-15-8-11(13(17)16-12)10-5-3-2-4-6-10/h2-6,8-9H,7,14H2,1H3,(H,15,16,17). The summed E-state index contributed by atoms with van der Waals surface area (Å²) in [5.41, 5.74) is 6.99. The van der Waals surface area contributed by atoms with Gasteiger partial charge in [0.1, 0.15) is 5.82 Å². The van der Waals surface area contributed by atoms with Gasteiger partial charge in [-0.1, -0.05) is 30.3 Å². The monoisotopic (exact) mass is 229 g/mol. The molecule has 0 amide bonds. The fraction of sp³-hybridized carbons (Fsp3) is 0.231. The van der Waals surface area contributed by atoms with Gasteiger partial charge in [-0.3, -0.25) is 4.79 Å². The molecule has 17 heavy (non-hydrogen) atoms. The van der Waals surface area contributed by atoms with E-state index in [1.165, 1.54) is 0 Å². The molecule has 0 saturated carbocycles. The van der Waals surface area contributed by atoms with Crippen molar-refractivity contribution in [2.24, 2.45) is 5.73 Å². The second-order valence-corrected chi connectivity index (χ2v) is 4.12. The molecule has 0 bridgehead atoms. The summed E-state index contributed by atoms with van der Waals surface area (Å²) in [4.78, 5) is 18.9. The van der Waals surface area contributed by atoms with Crippen LogP contribution in [0.5, 0.6) is 0 Å². The molecule has 1 unspecified atom stereocenters. The minimum absolute atomic E-state index is 0.0132. The summed E-state index contributed by atoms with van der Waals surface area (Å²) >= 11 is 0. The Morgan fingerprint density at radius 3 is 2.65 bits per heavy atom. The second kappa shape index (κ2) is 4.93. The maximum atomic E-state index is 11.9. The first kappa shape index (κ1) is 11.5. The van der Waals surface area contributed by atoms with E-state index in [-0.39, 0.29) is 11.6 Å². The van der Waals surface area contributed by atoms with Crippen LogP contribution >= 0.6 is 0 Å². The number of benzene rings is 1. The summed E-state index contributed by atoms with van der Waals surface area (Å²) in [6.07, 6.45) is 2.18. The van der Waals surface area contributed by atoms with Gasteiger partial charge in [0.05, 0.1) is 5.56 Å². The molecule has 1 atom stereocenters. The van der Waals surface area contributed by atoms with Crippen LogP contribution in [0.2, 0.25) is 0 Å². The van der Waals surface area contributed by atoms with Crippen LogP contribution in [0.3, 0.4) is 0 Å². The van der Waals surface area contributed by atoms with Crippen LogP contribution in [-0.4, -0.2) is 16.0 Å². The highest BCUT2D eigenvalue weighted by atomic mass is 16.1. The Morgan fingerprint density at radius 1 is 1.35 bits per heavy atom. The number of nitrogens with one attached hydrogen (secondary N) is 1. The van der Waals surface area contributed by atoms with Crippen molar-refractivity contribution in [2.75, 3.05) is 0 Å². The lowest BCUT2D eigenvalue weighted by Gasteiger charge is -2.05. The molecule has 0 radical (unpaired) electrons. The molecular weight excluding hydrogens is 214 g/mol. The Morgan fingerprint density at radius 2 is 2.06 bits per heavy atom. The number of rotatable bonds is 3. The van der Waals surface area contributed by atoms with Gasteiger partial charge in [0.25, 0.3) is 5.56 Å². The third-order valence-electron chi connectivity index (χ3n) is 2.45. The third-order valence-corrected chi connectivity index (χ3v) is 2.45. The van der Waals surface area contributed by atoms with E-state index >= 15 is 0 Å². The van der Waals surface area contributed by atoms with Crippen LogP contribution in [0.25, 0.3) is 11.1 Å². The predicted molar refractivity (Wildman–Crippen MR) is 67.6 cm³/mol. The lowest BCUT2D eigenvalue weighted by molar-refractivity contribution is 0.699. The van der Waals surface area contributed by atoms with Gasteiger partial charge in [-0.05, 0) is 12.5 Å². The van der Waals surface area contributed by atoms with Gasteiger partial charge in [-0.2, -0.15) is 0 Å². The molecule has 0 aliphatic heterocycles. The van der Waals surface area contributed by atoms with Crippen molar-refractivity contribution in [2.45, 2.75) is 19.4 Å². The molecule has 3 N–H and O–H groups in total. The SMILES string of the molecule is CC(N)Cc1ncc(-c2ccccc2)c(=O)[nH]1. The minimum atomic E-state index is -0.123. The maximum Gasteiger partial charge on any atom is 0.258 e. The van der Waals surface area contributed by atoms with Crippen LogP contribution in [0, 0.1) is 0 Å². The molecule has 1 heterocycles. The zero-order chi connectivity index (χ0) is 12.3. The number of nitrogens with two attached hydrogens (primary N) is 1. The lowest BCUT2D eigenvalue weighted by atomic mass is 10.1. The molecule has 0 spiro atoms. The smallest absolute Gasteiger partial charge is 0.258 e. The highest BCUT2D eigenvalue weighted by Crippen LogP contribution is 2.12. The van der Waals surface area contributed by atoms with Crippen molar-refractivity contribution in [1.82, 2.24) is 9.97 Å². The topological polar surface area (TPSA) is 71.8 Å². The fourth-order valence-electron chi connectivity index (χ4n) is 1.66. The van der Waals surface area contributed by atoms with Crippen LogP contribution < -0.4 is 11.3 Å². The summed E-state index contributed by atoms with van der Waals surface area (Å²) in [7, 11) is 0. The quantitative estimate of drug-likeness (QED) is 0.834. The normalized spacial score (nSPS) is 12.4. The maximum absolute atomic E-state index is 11.9. The van der Waals surface area contributed by atoms with Gasteiger partial charge >= 0.3 is 0 Å². The average molecular weight is 229 g/mol. The van der Waals surface area contributed by atoms with E-state index in [0.717, 1.165) is 5.56 Å². The molecule has 1 aromatic heterocycles. The molecule has 0 aliphatic rings. The summed E-state index contributed by atoms with van der Waals surface area (Å²) in [5, 5.41) is 0. The van der Waals surface area contributed by atoms with Crippen molar-refractivity contribution in [3.05, 3.63) is 52.7 Å². The van der Waals surface area contributed by atoms with E-state index in [1.807, 2.05) is 37.3 Å². The predicted octanol–water partition coefficient (Wildman–Crippen LogP) is 1.33. The molecule has 0 fully saturated rings. The highest BCUT2D eigenvalue weighted by molar-refractivity contribution is 5.60. The Labute approximate surface area is 99.5 Å². The number of H-pyrrole nitrogens is 1. The number of aromatic amines is 1. The van der Waals surface area contributed by atoms with E-state index in [4.69, 9.17) is 5.73 Å². The van der Waals surface area contributed by atoms with E-state index in [2.05, 4.69) is 9.97 Å². The first-order valence-electron chi connectivity index (χ1n) is 5.56. The van der Waals surface area contributed by atoms with Crippen molar-refractivity contribution < 1.29 is 0 Å². The molecule has 2 rings (SSSR count). The molecule has 1 aromatic carbocycles. The van der Waals surface area contributed by atoms with Gasteiger partial charge in [0, 0.05) is 18.7 Å². The van der Waals surface area contributed by atoms with Crippen LogP contribution in [0.4, 0.5) is 0 Å². The van der Waals surface area contributed by atoms with Crippen LogP contribution in [-0.2, 0) is 6.42 Å². The van der Waals surface area contributed by atoms with Crippen molar-refractivity contribution >= 4 is 0 Å². The zero-order valence-corrected chi connectivity index (χ0v) is 9.68. The van der Waals surface area contributed by atoms with E-state index in [1.54, 1.807) is 6.20 Å². The highest BCUT2D eigenvalue weighted by Gasteiger charge is 2.06. The third kappa shape index (κ3) is 2.79. The van der Waals surface area contributed by atoms with Gasteiger partial charge in [-0.15, -0.1) is 0 Å². The molecule has 4 heteroatoms. The Kier molecular flexibility index (Phi) is 3.35. The Hall–Kier alpha value is -1.94. The summed E-state index contributed by atoms with van der Waals surface area (Å²) < 4.78 is 0. The Bertz CT molecular complexity index is 546. The van der Waals surface area contributed by atoms with E-state index in [9.17, 15) is 4.79 Å². The molecule has 2 aromatic rings. The zero-order valence-electron chi connectivity index (χ0n) is 9.68. The van der Waals surface area contributed by atoms with E-state index < -0.39 is 0 Å². The Balaban J connectivity index is 2.36. The molecule has 88 valence electrons. The first-order chi connectivity index (χ1) is 8.16. The van der Waals surface area contributed by atoms with Crippen LogP contribution in [0.1, 0.15) is 12.7 Å². The summed E-state index contributed by atoms with van der Waals surface area (Å²) in [5.74, 6) is 0.629. The molecular formula is C13H15N3O. The summed E-state index contributed by atoms with van der Waals surface area (Å²) in [6.45, 7) is 1.88. The fourth-order valence-corrected chi connectivity index (χ4v) is 1.66. The van der Waals surface area contributed by atoms with Crippen molar-refractivity contribution in [1.29, 1.82) is 0 Å². The van der Waals surface area contributed by atoms with Gasteiger partial charge in [0.15, 0.2) is 0 Å². The number of hydrogen-bond donors (Lipinski definition) is 2. The largest absolute Gasteiger partial charge is 0.328 e.